The Bertz CT molecular complexity index is 768. The molecule has 0 spiro atoms. The molecule has 0 aliphatic carbocycles. The van der Waals surface area contributed by atoms with E-state index in [9.17, 15) is 25.0 Å². The van der Waals surface area contributed by atoms with Gasteiger partial charge in [-0.2, -0.15) is 0 Å². The van der Waals surface area contributed by atoms with Crippen LogP contribution in [0.4, 0.5) is 11.4 Å². The monoisotopic (exact) mass is 380 g/mol. The summed E-state index contributed by atoms with van der Waals surface area (Å²) in [4.78, 5) is 32.5. The first-order valence-corrected chi connectivity index (χ1v) is 7.00. The van der Waals surface area contributed by atoms with Gasteiger partial charge in [-0.15, -0.1) is 0 Å². The minimum atomic E-state index is -0.918. The first-order chi connectivity index (χ1) is 10.8. The SMILES string of the molecule is Cc1c([N+](=O)[O-])cc(C(=O)Oc2ccc(Br)cc2)cc1[N+](=O)[O-]. The van der Waals surface area contributed by atoms with Crippen molar-refractivity contribution in [2.75, 3.05) is 0 Å². The van der Waals surface area contributed by atoms with E-state index >= 15 is 0 Å². The Kier molecular flexibility index (Phi) is 4.70. The molecule has 118 valence electrons. The zero-order valence-electron chi connectivity index (χ0n) is 11.7. The van der Waals surface area contributed by atoms with Crippen molar-refractivity contribution in [2.24, 2.45) is 0 Å². The maximum atomic E-state index is 12.1. The maximum absolute atomic E-state index is 12.1. The Hall–Kier alpha value is -2.81. The van der Waals surface area contributed by atoms with Gasteiger partial charge in [0.2, 0.25) is 0 Å². The minimum Gasteiger partial charge on any atom is -0.423 e. The number of hydrogen-bond donors (Lipinski definition) is 0. The molecule has 0 amide bonds. The van der Waals surface area contributed by atoms with Gasteiger partial charge in [-0.05, 0) is 31.2 Å². The molecule has 8 nitrogen and oxygen atoms in total. The summed E-state index contributed by atoms with van der Waals surface area (Å²) in [5.41, 5.74) is -1.42. The highest BCUT2D eigenvalue weighted by molar-refractivity contribution is 9.10. The fourth-order valence-corrected chi connectivity index (χ4v) is 2.11. The van der Waals surface area contributed by atoms with Gasteiger partial charge in [0, 0.05) is 16.6 Å². The Morgan fingerprint density at radius 3 is 1.96 bits per heavy atom. The van der Waals surface area contributed by atoms with Gasteiger partial charge < -0.3 is 4.74 Å². The molecule has 2 rings (SSSR count). The number of benzene rings is 2. The largest absolute Gasteiger partial charge is 0.423 e. The minimum absolute atomic E-state index is 0.125. The highest BCUT2D eigenvalue weighted by Crippen LogP contribution is 2.30. The van der Waals surface area contributed by atoms with Crippen LogP contribution in [0.2, 0.25) is 0 Å². The molecule has 0 heterocycles. The van der Waals surface area contributed by atoms with E-state index in [0.29, 0.717) is 0 Å². The van der Waals surface area contributed by atoms with Crippen LogP contribution in [0.3, 0.4) is 0 Å². The van der Waals surface area contributed by atoms with E-state index in [1.807, 2.05) is 0 Å². The molecule has 2 aromatic rings. The van der Waals surface area contributed by atoms with Crippen LogP contribution in [0.15, 0.2) is 40.9 Å². The molecule has 0 aromatic heterocycles. The van der Waals surface area contributed by atoms with Gasteiger partial charge in [0.25, 0.3) is 11.4 Å². The first-order valence-electron chi connectivity index (χ1n) is 6.20. The van der Waals surface area contributed by atoms with Crippen LogP contribution in [0.5, 0.6) is 5.75 Å². The molecule has 9 heteroatoms. The van der Waals surface area contributed by atoms with Crippen molar-refractivity contribution < 1.29 is 19.4 Å². The van der Waals surface area contributed by atoms with Gasteiger partial charge in [-0.3, -0.25) is 20.2 Å². The lowest BCUT2D eigenvalue weighted by atomic mass is 10.1. The van der Waals surface area contributed by atoms with E-state index in [1.54, 1.807) is 12.1 Å². The third kappa shape index (κ3) is 3.69. The highest BCUT2D eigenvalue weighted by atomic mass is 79.9. The van der Waals surface area contributed by atoms with Gasteiger partial charge in [0.05, 0.1) is 15.4 Å². The zero-order chi connectivity index (χ0) is 17.1. The molecule has 23 heavy (non-hydrogen) atoms. The van der Waals surface area contributed by atoms with E-state index in [-0.39, 0.29) is 16.9 Å². The fraction of sp³-hybridized carbons (Fsp3) is 0.0714. The second-order valence-electron chi connectivity index (χ2n) is 4.50. The van der Waals surface area contributed by atoms with E-state index in [4.69, 9.17) is 4.74 Å². The number of nitro groups is 2. The van der Waals surface area contributed by atoms with E-state index in [2.05, 4.69) is 15.9 Å². The summed E-state index contributed by atoms with van der Waals surface area (Å²) in [6, 6.07) is 8.23. The number of nitro benzene ring substituents is 2. The summed E-state index contributed by atoms with van der Waals surface area (Å²) < 4.78 is 5.84. The summed E-state index contributed by atoms with van der Waals surface area (Å²) in [6.07, 6.45) is 0. The highest BCUT2D eigenvalue weighted by Gasteiger charge is 2.26. The third-order valence-corrected chi connectivity index (χ3v) is 3.53. The molecule has 0 N–H and O–H groups in total. The van der Waals surface area contributed by atoms with Crippen molar-refractivity contribution in [1.29, 1.82) is 0 Å². The number of carbonyl (C=O) groups is 1. The normalized spacial score (nSPS) is 10.2. The van der Waals surface area contributed by atoms with Crippen LogP contribution < -0.4 is 4.74 Å². The van der Waals surface area contributed by atoms with Crippen LogP contribution in [-0.4, -0.2) is 15.8 Å². The lowest BCUT2D eigenvalue weighted by Crippen LogP contribution is -2.10. The van der Waals surface area contributed by atoms with Crippen molar-refractivity contribution in [1.82, 2.24) is 0 Å². The van der Waals surface area contributed by atoms with Gasteiger partial charge in [0.1, 0.15) is 11.3 Å². The molecule has 0 aliphatic rings. The second kappa shape index (κ2) is 6.53. The van der Waals surface area contributed by atoms with Crippen molar-refractivity contribution in [2.45, 2.75) is 6.92 Å². The average Bonchev–Trinajstić information content (AvgIpc) is 2.49. The van der Waals surface area contributed by atoms with Crippen LogP contribution in [0.25, 0.3) is 0 Å². The quantitative estimate of drug-likeness (QED) is 0.345. The maximum Gasteiger partial charge on any atom is 0.344 e. The predicted octanol–water partition coefficient (Wildman–Crippen LogP) is 3.79. The second-order valence-corrected chi connectivity index (χ2v) is 5.41. The number of carbonyl (C=O) groups excluding carboxylic acids is 1. The molecular formula is C14H9BrN2O6. The smallest absolute Gasteiger partial charge is 0.344 e. The number of nitrogens with zero attached hydrogens (tertiary/aromatic N) is 2. The number of ether oxygens (including phenoxy) is 1. The standard InChI is InChI=1S/C14H9BrN2O6/c1-8-12(16(19)20)6-9(7-13(8)17(21)22)14(18)23-11-4-2-10(15)3-5-11/h2-7H,1H3. The summed E-state index contributed by atoms with van der Waals surface area (Å²) in [7, 11) is 0. The molecule has 0 saturated carbocycles. The number of hydrogen-bond acceptors (Lipinski definition) is 6. The zero-order valence-corrected chi connectivity index (χ0v) is 13.3. The molecular weight excluding hydrogens is 372 g/mol. The molecule has 0 aliphatic heterocycles. The lowest BCUT2D eigenvalue weighted by molar-refractivity contribution is -0.395. The molecule has 0 unspecified atom stereocenters. The number of halogens is 1. The Labute approximate surface area is 138 Å². The van der Waals surface area contributed by atoms with Crippen LogP contribution in [0.1, 0.15) is 15.9 Å². The van der Waals surface area contributed by atoms with Crippen molar-refractivity contribution in [3.63, 3.8) is 0 Å². The fourth-order valence-electron chi connectivity index (χ4n) is 1.85. The van der Waals surface area contributed by atoms with Gasteiger partial charge in [0.15, 0.2) is 0 Å². The Morgan fingerprint density at radius 2 is 1.52 bits per heavy atom. The predicted molar refractivity (Wildman–Crippen MR) is 83.6 cm³/mol. The van der Waals surface area contributed by atoms with Crippen LogP contribution in [0, 0.1) is 27.2 Å². The van der Waals surface area contributed by atoms with E-state index in [1.165, 1.54) is 19.1 Å². The van der Waals surface area contributed by atoms with Crippen LogP contribution in [-0.2, 0) is 0 Å². The Balaban J connectivity index is 2.41. The summed E-state index contributed by atoms with van der Waals surface area (Å²) >= 11 is 3.23. The molecule has 0 atom stereocenters. The summed E-state index contributed by atoms with van der Waals surface area (Å²) in [5, 5.41) is 22.0. The molecule has 0 radical (unpaired) electrons. The van der Waals surface area contributed by atoms with Gasteiger partial charge >= 0.3 is 5.97 Å². The number of esters is 1. The Morgan fingerprint density at radius 1 is 1.04 bits per heavy atom. The van der Waals surface area contributed by atoms with Crippen LogP contribution >= 0.6 is 15.9 Å². The van der Waals surface area contributed by atoms with Gasteiger partial charge in [-0.1, -0.05) is 15.9 Å². The lowest BCUT2D eigenvalue weighted by Gasteiger charge is -2.06. The van der Waals surface area contributed by atoms with E-state index in [0.717, 1.165) is 16.6 Å². The molecule has 0 saturated heterocycles. The topological polar surface area (TPSA) is 113 Å². The molecule has 0 fully saturated rings. The van der Waals surface area contributed by atoms with Crippen molar-refractivity contribution >= 4 is 33.3 Å². The van der Waals surface area contributed by atoms with Crippen molar-refractivity contribution in [3.8, 4) is 5.75 Å². The van der Waals surface area contributed by atoms with E-state index < -0.39 is 27.2 Å². The van der Waals surface area contributed by atoms with Gasteiger partial charge in [-0.25, -0.2) is 4.79 Å². The number of rotatable bonds is 4. The van der Waals surface area contributed by atoms with Crippen molar-refractivity contribution in [3.05, 3.63) is 72.2 Å². The molecule has 2 aromatic carbocycles. The first kappa shape index (κ1) is 16.6. The summed E-state index contributed by atoms with van der Waals surface area (Å²) in [6.45, 7) is 1.25. The average molecular weight is 381 g/mol. The summed E-state index contributed by atoms with van der Waals surface area (Å²) in [5.74, 6) is -0.706. The molecule has 0 bridgehead atoms. The third-order valence-electron chi connectivity index (χ3n) is 3.01.